The number of alkyl halides is 1. The van der Waals surface area contributed by atoms with E-state index < -0.39 is 5.97 Å². The number of carboxylic acid groups (broad SMARTS) is 1. The summed E-state index contributed by atoms with van der Waals surface area (Å²) in [4.78, 5) is 10.4. The number of carbonyl (C=O) groups is 1. The van der Waals surface area contributed by atoms with Crippen molar-refractivity contribution in [2.75, 3.05) is 0 Å². The number of rotatable bonds is 7. The summed E-state index contributed by atoms with van der Waals surface area (Å²) in [6.07, 6.45) is 2.59. The molecule has 0 radical (unpaired) electrons. The molecule has 1 aromatic carbocycles. The van der Waals surface area contributed by atoms with Crippen LogP contribution in [0, 0.1) is 5.92 Å². The van der Waals surface area contributed by atoms with Crippen LogP contribution in [0.3, 0.4) is 0 Å². The normalized spacial score (nSPS) is 12.7. The molecule has 18 heavy (non-hydrogen) atoms. The van der Waals surface area contributed by atoms with Gasteiger partial charge in [-0.3, -0.25) is 4.79 Å². The van der Waals surface area contributed by atoms with E-state index in [9.17, 15) is 4.79 Å². The van der Waals surface area contributed by atoms with Gasteiger partial charge in [0.25, 0.3) is 0 Å². The van der Waals surface area contributed by atoms with Gasteiger partial charge < -0.3 is 5.11 Å². The van der Waals surface area contributed by atoms with Crippen molar-refractivity contribution in [3.63, 3.8) is 0 Å². The van der Waals surface area contributed by atoms with E-state index in [0.29, 0.717) is 18.8 Å². The van der Waals surface area contributed by atoms with Gasteiger partial charge in [-0.2, -0.15) is 0 Å². The summed E-state index contributed by atoms with van der Waals surface area (Å²) in [5.41, 5.74) is 2.40. The van der Waals surface area contributed by atoms with Crippen LogP contribution in [-0.2, 0) is 11.2 Å². The number of hydrogen-bond donors (Lipinski definition) is 1. The Hall–Kier alpha value is -1.02. The quantitative estimate of drug-likeness (QED) is 0.743. The molecular formula is C15H21ClO2. The van der Waals surface area contributed by atoms with Crippen LogP contribution in [-0.4, -0.2) is 11.1 Å². The molecule has 1 aromatic rings. The number of aliphatic carboxylic acids is 1. The molecule has 1 N–H and O–H groups in total. The van der Waals surface area contributed by atoms with Crippen molar-refractivity contribution in [3.8, 4) is 0 Å². The van der Waals surface area contributed by atoms with E-state index in [1.165, 1.54) is 5.56 Å². The van der Waals surface area contributed by atoms with Crippen molar-refractivity contribution in [2.24, 2.45) is 5.92 Å². The van der Waals surface area contributed by atoms with Gasteiger partial charge in [0, 0.05) is 6.42 Å². The number of hydrogen-bond acceptors (Lipinski definition) is 1. The Bertz CT molecular complexity index is 371. The molecule has 0 aromatic heterocycles. The Morgan fingerprint density at radius 1 is 1.28 bits per heavy atom. The third-order valence-electron chi connectivity index (χ3n) is 2.83. The zero-order chi connectivity index (χ0) is 13.5. The summed E-state index contributed by atoms with van der Waals surface area (Å²) in [6, 6.07) is 8.33. The topological polar surface area (TPSA) is 37.3 Å². The van der Waals surface area contributed by atoms with Gasteiger partial charge in [0.2, 0.25) is 0 Å². The van der Waals surface area contributed by atoms with Crippen LogP contribution in [0.2, 0.25) is 0 Å². The van der Waals surface area contributed by atoms with Crippen molar-refractivity contribution in [2.45, 2.75) is 44.9 Å². The highest BCUT2D eigenvalue weighted by molar-refractivity contribution is 6.20. The maximum Gasteiger partial charge on any atom is 0.303 e. The van der Waals surface area contributed by atoms with Crippen molar-refractivity contribution in [3.05, 3.63) is 35.4 Å². The lowest BCUT2D eigenvalue weighted by atomic mass is 10.00. The highest BCUT2D eigenvalue weighted by Gasteiger charge is 2.09. The minimum atomic E-state index is -0.758. The van der Waals surface area contributed by atoms with E-state index in [1.807, 2.05) is 0 Å². The second-order valence-electron chi connectivity index (χ2n) is 5.09. The lowest BCUT2D eigenvalue weighted by Crippen LogP contribution is -1.98. The minimum Gasteiger partial charge on any atom is -0.481 e. The third-order valence-corrected chi connectivity index (χ3v) is 3.30. The SMILES string of the molecule is CC(C)Cc1ccc(C(Cl)CCCC(=O)O)cc1. The molecule has 1 unspecified atom stereocenters. The van der Waals surface area contributed by atoms with E-state index in [1.54, 1.807) is 0 Å². The van der Waals surface area contributed by atoms with Crippen molar-refractivity contribution >= 4 is 17.6 Å². The Balaban J connectivity index is 2.48. The first kappa shape index (κ1) is 15.0. The zero-order valence-electron chi connectivity index (χ0n) is 11.0. The molecular weight excluding hydrogens is 248 g/mol. The van der Waals surface area contributed by atoms with Gasteiger partial charge in [-0.15, -0.1) is 11.6 Å². The highest BCUT2D eigenvalue weighted by Crippen LogP contribution is 2.26. The van der Waals surface area contributed by atoms with Crippen LogP contribution in [0.1, 0.15) is 49.6 Å². The van der Waals surface area contributed by atoms with Gasteiger partial charge in [-0.1, -0.05) is 38.1 Å². The largest absolute Gasteiger partial charge is 0.481 e. The van der Waals surface area contributed by atoms with Crippen LogP contribution in [0.15, 0.2) is 24.3 Å². The average Bonchev–Trinajstić information content (AvgIpc) is 2.28. The molecule has 1 atom stereocenters. The van der Waals surface area contributed by atoms with Crippen molar-refractivity contribution < 1.29 is 9.90 Å². The number of halogens is 1. The van der Waals surface area contributed by atoms with Crippen molar-refractivity contribution in [1.82, 2.24) is 0 Å². The molecule has 3 heteroatoms. The predicted octanol–water partition coefficient (Wildman–Crippen LogP) is 4.42. The minimum absolute atomic E-state index is 0.0857. The van der Waals surface area contributed by atoms with E-state index in [0.717, 1.165) is 12.0 Å². The lowest BCUT2D eigenvalue weighted by molar-refractivity contribution is -0.137. The summed E-state index contributed by atoms with van der Waals surface area (Å²) < 4.78 is 0. The lowest BCUT2D eigenvalue weighted by Gasteiger charge is -2.11. The Labute approximate surface area is 114 Å². The summed E-state index contributed by atoms with van der Waals surface area (Å²) >= 11 is 6.25. The van der Waals surface area contributed by atoms with E-state index in [2.05, 4.69) is 38.1 Å². The molecule has 0 fully saturated rings. The Morgan fingerprint density at radius 2 is 1.89 bits per heavy atom. The second kappa shape index (κ2) is 7.42. The summed E-state index contributed by atoms with van der Waals surface area (Å²) in [6.45, 7) is 4.40. The fraction of sp³-hybridized carbons (Fsp3) is 0.533. The molecule has 1 rings (SSSR count). The molecule has 100 valence electrons. The third kappa shape index (κ3) is 5.54. The average molecular weight is 269 g/mol. The van der Waals surface area contributed by atoms with Crippen LogP contribution < -0.4 is 0 Å². The van der Waals surface area contributed by atoms with E-state index in [-0.39, 0.29) is 11.8 Å². The van der Waals surface area contributed by atoms with Crippen LogP contribution in [0.4, 0.5) is 0 Å². The fourth-order valence-corrected chi connectivity index (χ4v) is 2.23. The van der Waals surface area contributed by atoms with E-state index >= 15 is 0 Å². The van der Waals surface area contributed by atoms with Gasteiger partial charge in [0.05, 0.1) is 5.38 Å². The Morgan fingerprint density at radius 3 is 2.39 bits per heavy atom. The van der Waals surface area contributed by atoms with E-state index in [4.69, 9.17) is 16.7 Å². The van der Waals surface area contributed by atoms with Crippen molar-refractivity contribution in [1.29, 1.82) is 0 Å². The predicted molar refractivity (Wildman–Crippen MR) is 75.1 cm³/mol. The first-order valence-corrected chi connectivity index (χ1v) is 6.87. The van der Waals surface area contributed by atoms with Crippen LogP contribution in [0.25, 0.3) is 0 Å². The standard InChI is InChI=1S/C15H21ClO2/c1-11(2)10-12-6-8-13(9-7-12)14(16)4-3-5-15(17)18/h6-9,11,14H,3-5,10H2,1-2H3,(H,17,18). The van der Waals surface area contributed by atoms with Gasteiger partial charge in [-0.25, -0.2) is 0 Å². The summed E-state index contributed by atoms with van der Waals surface area (Å²) in [5.74, 6) is -0.107. The molecule has 2 nitrogen and oxygen atoms in total. The molecule has 0 bridgehead atoms. The number of carboxylic acids is 1. The maximum atomic E-state index is 10.4. The van der Waals surface area contributed by atoms with Crippen LogP contribution >= 0.6 is 11.6 Å². The number of benzene rings is 1. The fourth-order valence-electron chi connectivity index (χ4n) is 1.93. The molecule has 0 saturated carbocycles. The molecule has 0 aliphatic carbocycles. The summed E-state index contributed by atoms with van der Waals surface area (Å²) in [5, 5.41) is 8.49. The molecule has 0 amide bonds. The molecule has 0 aliphatic heterocycles. The molecule has 0 spiro atoms. The molecule has 0 aliphatic rings. The van der Waals surface area contributed by atoms with Gasteiger partial charge >= 0.3 is 5.97 Å². The molecule has 0 saturated heterocycles. The first-order valence-electron chi connectivity index (χ1n) is 6.43. The second-order valence-corrected chi connectivity index (χ2v) is 5.62. The van der Waals surface area contributed by atoms with Gasteiger partial charge in [-0.05, 0) is 36.3 Å². The summed E-state index contributed by atoms with van der Waals surface area (Å²) in [7, 11) is 0. The zero-order valence-corrected chi connectivity index (χ0v) is 11.8. The maximum absolute atomic E-state index is 10.4. The van der Waals surface area contributed by atoms with Gasteiger partial charge in [0.15, 0.2) is 0 Å². The molecule has 0 heterocycles. The Kier molecular flexibility index (Phi) is 6.20. The van der Waals surface area contributed by atoms with Gasteiger partial charge in [0.1, 0.15) is 0 Å². The van der Waals surface area contributed by atoms with Crippen LogP contribution in [0.5, 0.6) is 0 Å². The smallest absolute Gasteiger partial charge is 0.303 e. The first-order chi connectivity index (χ1) is 8.49. The highest BCUT2D eigenvalue weighted by atomic mass is 35.5. The monoisotopic (exact) mass is 268 g/mol.